The second kappa shape index (κ2) is 4.17. The fourth-order valence-corrected chi connectivity index (χ4v) is 2.24. The monoisotopic (exact) mass is 248 g/mol. The van der Waals surface area contributed by atoms with Crippen LogP contribution in [0.1, 0.15) is 17.4 Å². The standard InChI is InChI=1S/C13H13ClN2O/c1-8-12(9-6-15-7-9)16-13(17-8)10-4-2-3-5-11(10)14/h2-5,9,15H,6-7H2,1H3. The summed E-state index contributed by atoms with van der Waals surface area (Å²) < 4.78 is 5.72. The lowest BCUT2D eigenvalue weighted by Gasteiger charge is -2.25. The Hall–Kier alpha value is -1.32. The van der Waals surface area contributed by atoms with Gasteiger partial charge in [-0.2, -0.15) is 0 Å². The van der Waals surface area contributed by atoms with E-state index < -0.39 is 0 Å². The molecule has 0 radical (unpaired) electrons. The van der Waals surface area contributed by atoms with E-state index in [1.165, 1.54) is 0 Å². The maximum atomic E-state index is 6.14. The number of hydrogen-bond donors (Lipinski definition) is 1. The summed E-state index contributed by atoms with van der Waals surface area (Å²) in [4.78, 5) is 4.57. The Balaban J connectivity index is 2.01. The highest BCUT2D eigenvalue weighted by molar-refractivity contribution is 6.33. The molecule has 1 saturated heterocycles. The van der Waals surface area contributed by atoms with Crippen LogP contribution in [0.25, 0.3) is 11.5 Å². The number of aryl methyl sites for hydroxylation is 1. The van der Waals surface area contributed by atoms with Gasteiger partial charge < -0.3 is 9.73 Å². The summed E-state index contributed by atoms with van der Waals surface area (Å²) in [6.45, 7) is 3.92. The van der Waals surface area contributed by atoms with Crippen LogP contribution in [-0.2, 0) is 0 Å². The third kappa shape index (κ3) is 1.85. The Bertz CT molecular complexity index is 546. The van der Waals surface area contributed by atoms with Gasteiger partial charge in [0.1, 0.15) is 5.76 Å². The molecule has 0 unspecified atom stereocenters. The minimum atomic E-state index is 0.481. The zero-order chi connectivity index (χ0) is 11.8. The fourth-order valence-electron chi connectivity index (χ4n) is 2.02. The molecule has 2 aromatic rings. The molecule has 88 valence electrons. The summed E-state index contributed by atoms with van der Waals surface area (Å²) in [5.74, 6) is 2.00. The van der Waals surface area contributed by atoms with Crippen molar-refractivity contribution >= 4 is 11.6 Å². The number of nitrogens with one attached hydrogen (secondary N) is 1. The van der Waals surface area contributed by atoms with Crippen LogP contribution in [0.3, 0.4) is 0 Å². The lowest BCUT2D eigenvalue weighted by Crippen LogP contribution is -2.40. The van der Waals surface area contributed by atoms with Crippen molar-refractivity contribution in [2.24, 2.45) is 0 Å². The second-order valence-electron chi connectivity index (χ2n) is 4.30. The molecular weight excluding hydrogens is 236 g/mol. The van der Waals surface area contributed by atoms with Gasteiger partial charge in [-0.15, -0.1) is 0 Å². The summed E-state index contributed by atoms with van der Waals surface area (Å²) in [6, 6.07) is 7.61. The van der Waals surface area contributed by atoms with Crippen LogP contribution in [0.4, 0.5) is 0 Å². The number of hydrogen-bond acceptors (Lipinski definition) is 3. The number of rotatable bonds is 2. The van der Waals surface area contributed by atoms with Crippen molar-refractivity contribution < 1.29 is 4.42 Å². The van der Waals surface area contributed by atoms with Gasteiger partial charge in [-0.3, -0.25) is 0 Å². The molecule has 0 saturated carbocycles. The highest BCUT2D eigenvalue weighted by Gasteiger charge is 2.25. The summed E-state index contributed by atoms with van der Waals surface area (Å²) in [5, 5.41) is 3.91. The highest BCUT2D eigenvalue weighted by Crippen LogP contribution is 2.31. The van der Waals surface area contributed by atoms with Crippen molar-refractivity contribution in [3.63, 3.8) is 0 Å². The predicted molar refractivity (Wildman–Crippen MR) is 67.3 cm³/mol. The quantitative estimate of drug-likeness (QED) is 0.888. The van der Waals surface area contributed by atoms with E-state index >= 15 is 0 Å². The van der Waals surface area contributed by atoms with Gasteiger partial charge in [0, 0.05) is 19.0 Å². The molecule has 1 N–H and O–H groups in total. The van der Waals surface area contributed by atoms with E-state index in [1.54, 1.807) is 0 Å². The van der Waals surface area contributed by atoms with Crippen LogP contribution in [-0.4, -0.2) is 18.1 Å². The van der Waals surface area contributed by atoms with Gasteiger partial charge in [0.05, 0.1) is 16.3 Å². The van der Waals surface area contributed by atoms with E-state index in [9.17, 15) is 0 Å². The van der Waals surface area contributed by atoms with Crippen molar-refractivity contribution in [1.29, 1.82) is 0 Å². The zero-order valence-electron chi connectivity index (χ0n) is 9.53. The average molecular weight is 249 g/mol. The minimum Gasteiger partial charge on any atom is -0.441 e. The molecule has 1 aliphatic rings. The number of nitrogens with zero attached hydrogens (tertiary/aromatic N) is 1. The summed E-state index contributed by atoms with van der Waals surface area (Å²) in [6.07, 6.45) is 0. The van der Waals surface area contributed by atoms with Gasteiger partial charge in [-0.25, -0.2) is 4.98 Å². The van der Waals surface area contributed by atoms with E-state index in [0.717, 1.165) is 30.1 Å². The van der Waals surface area contributed by atoms with Crippen molar-refractivity contribution in [3.05, 3.63) is 40.7 Å². The molecule has 1 fully saturated rings. The first-order chi connectivity index (χ1) is 8.25. The van der Waals surface area contributed by atoms with Crippen molar-refractivity contribution in [2.75, 3.05) is 13.1 Å². The molecule has 17 heavy (non-hydrogen) atoms. The maximum absolute atomic E-state index is 6.14. The fraction of sp³-hybridized carbons (Fsp3) is 0.308. The van der Waals surface area contributed by atoms with Crippen LogP contribution in [0.5, 0.6) is 0 Å². The molecule has 0 bridgehead atoms. The van der Waals surface area contributed by atoms with E-state index in [-0.39, 0.29) is 0 Å². The van der Waals surface area contributed by atoms with E-state index in [4.69, 9.17) is 16.0 Å². The first kappa shape index (κ1) is 10.8. The molecule has 4 heteroatoms. The van der Waals surface area contributed by atoms with Crippen LogP contribution in [0.2, 0.25) is 5.02 Å². The molecule has 1 aromatic carbocycles. The Morgan fingerprint density at radius 1 is 1.35 bits per heavy atom. The smallest absolute Gasteiger partial charge is 0.228 e. The molecule has 0 aliphatic carbocycles. The van der Waals surface area contributed by atoms with E-state index in [1.807, 2.05) is 31.2 Å². The summed E-state index contributed by atoms with van der Waals surface area (Å²) >= 11 is 6.14. The third-order valence-corrected chi connectivity index (χ3v) is 3.43. The number of benzene rings is 1. The number of halogens is 1. The normalized spacial score (nSPS) is 15.9. The van der Waals surface area contributed by atoms with Gasteiger partial charge in [0.2, 0.25) is 5.89 Å². The second-order valence-corrected chi connectivity index (χ2v) is 4.70. The molecule has 3 rings (SSSR count). The third-order valence-electron chi connectivity index (χ3n) is 3.10. The summed E-state index contributed by atoms with van der Waals surface area (Å²) in [5.41, 5.74) is 1.91. The van der Waals surface area contributed by atoms with Crippen molar-refractivity contribution in [1.82, 2.24) is 10.3 Å². The molecule has 0 spiro atoms. The minimum absolute atomic E-state index is 0.481. The first-order valence-electron chi connectivity index (χ1n) is 5.68. The largest absolute Gasteiger partial charge is 0.441 e. The summed E-state index contributed by atoms with van der Waals surface area (Å²) in [7, 11) is 0. The molecule has 2 heterocycles. The average Bonchev–Trinajstić information content (AvgIpc) is 2.59. The Morgan fingerprint density at radius 3 is 2.76 bits per heavy atom. The van der Waals surface area contributed by atoms with Crippen LogP contribution in [0, 0.1) is 6.92 Å². The number of aromatic nitrogens is 1. The highest BCUT2D eigenvalue weighted by atomic mass is 35.5. The lowest BCUT2D eigenvalue weighted by molar-refractivity contribution is 0.433. The van der Waals surface area contributed by atoms with Crippen LogP contribution < -0.4 is 5.32 Å². The Labute approximate surface area is 105 Å². The molecule has 1 aliphatic heterocycles. The number of oxazole rings is 1. The van der Waals surface area contributed by atoms with Crippen LogP contribution >= 0.6 is 11.6 Å². The van der Waals surface area contributed by atoms with Crippen molar-refractivity contribution in [2.45, 2.75) is 12.8 Å². The molecular formula is C13H13ClN2O. The molecule has 0 amide bonds. The molecule has 3 nitrogen and oxygen atoms in total. The molecule has 1 aromatic heterocycles. The van der Waals surface area contributed by atoms with Crippen LogP contribution in [0.15, 0.2) is 28.7 Å². The zero-order valence-corrected chi connectivity index (χ0v) is 10.3. The van der Waals surface area contributed by atoms with Gasteiger partial charge in [0.15, 0.2) is 0 Å². The first-order valence-corrected chi connectivity index (χ1v) is 6.06. The Kier molecular flexibility index (Phi) is 2.65. The van der Waals surface area contributed by atoms with Gasteiger partial charge in [0.25, 0.3) is 0 Å². The van der Waals surface area contributed by atoms with Gasteiger partial charge >= 0.3 is 0 Å². The predicted octanol–water partition coefficient (Wildman–Crippen LogP) is 2.99. The Morgan fingerprint density at radius 2 is 2.12 bits per heavy atom. The van der Waals surface area contributed by atoms with Gasteiger partial charge in [-0.1, -0.05) is 23.7 Å². The maximum Gasteiger partial charge on any atom is 0.228 e. The van der Waals surface area contributed by atoms with E-state index in [2.05, 4.69) is 10.3 Å². The van der Waals surface area contributed by atoms with Crippen molar-refractivity contribution in [3.8, 4) is 11.5 Å². The van der Waals surface area contributed by atoms with E-state index in [0.29, 0.717) is 16.8 Å². The topological polar surface area (TPSA) is 38.1 Å². The molecule has 0 atom stereocenters. The van der Waals surface area contributed by atoms with Gasteiger partial charge in [-0.05, 0) is 19.1 Å². The lowest BCUT2D eigenvalue weighted by atomic mass is 9.98. The SMILES string of the molecule is Cc1oc(-c2ccccc2Cl)nc1C1CNC1.